The van der Waals surface area contributed by atoms with Crippen LogP contribution >= 0.6 is 0 Å². The van der Waals surface area contributed by atoms with Crippen LogP contribution in [0.4, 0.5) is 8.78 Å². The molecule has 1 atom stereocenters. The van der Waals surface area contributed by atoms with Gasteiger partial charge in [-0.15, -0.1) is 0 Å². The maximum atomic E-state index is 13.3. The van der Waals surface area contributed by atoms with Gasteiger partial charge in [0.1, 0.15) is 5.75 Å². The summed E-state index contributed by atoms with van der Waals surface area (Å²) in [5, 5.41) is 3.17. The van der Waals surface area contributed by atoms with Gasteiger partial charge in [-0.1, -0.05) is 12.1 Å². The minimum Gasteiger partial charge on any atom is -0.497 e. The average molecular weight is 256 g/mol. The van der Waals surface area contributed by atoms with Crippen LogP contribution in [-0.2, 0) is 0 Å². The topological polar surface area (TPSA) is 24.5 Å². The molecule has 2 rings (SSSR count). The SMILES string of the molecule is COc1ccc([C@@H](C(F)F)N2CCNCC2)cc1. The van der Waals surface area contributed by atoms with Crippen molar-refractivity contribution in [1.82, 2.24) is 10.2 Å². The third kappa shape index (κ3) is 2.97. The Balaban J connectivity index is 2.17. The van der Waals surface area contributed by atoms with Crippen LogP contribution in [0.1, 0.15) is 11.6 Å². The standard InChI is InChI=1S/C13H18F2N2O/c1-18-11-4-2-10(3-5-11)12(13(14)15)17-8-6-16-7-9-17/h2-5,12-13,16H,6-9H2,1H3/t12-/m0/s1. The summed E-state index contributed by atoms with van der Waals surface area (Å²) in [6.45, 7) is 2.83. The molecule has 1 fully saturated rings. The number of piperazine rings is 1. The molecule has 1 aliphatic rings. The lowest BCUT2D eigenvalue weighted by molar-refractivity contribution is 0.0181. The zero-order valence-corrected chi connectivity index (χ0v) is 10.4. The molecule has 0 unspecified atom stereocenters. The summed E-state index contributed by atoms with van der Waals surface area (Å²) in [4.78, 5) is 1.84. The van der Waals surface area contributed by atoms with Crippen LogP contribution in [0.2, 0.25) is 0 Å². The van der Waals surface area contributed by atoms with Gasteiger partial charge in [0.05, 0.1) is 13.2 Å². The van der Waals surface area contributed by atoms with Gasteiger partial charge in [0.15, 0.2) is 0 Å². The summed E-state index contributed by atoms with van der Waals surface area (Å²) >= 11 is 0. The Labute approximate surface area is 106 Å². The summed E-state index contributed by atoms with van der Waals surface area (Å²) in [5.74, 6) is 0.687. The molecule has 1 saturated heterocycles. The molecule has 1 N–H and O–H groups in total. The van der Waals surface area contributed by atoms with E-state index in [9.17, 15) is 8.78 Å². The van der Waals surface area contributed by atoms with E-state index in [2.05, 4.69) is 5.32 Å². The first kappa shape index (κ1) is 13.2. The third-order valence-corrected chi connectivity index (χ3v) is 3.24. The molecule has 100 valence electrons. The van der Waals surface area contributed by atoms with Crippen LogP contribution < -0.4 is 10.1 Å². The fourth-order valence-electron chi connectivity index (χ4n) is 2.28. The van der Waals surface area contributed by atoms with E-state index in [4.69, 9.17) is 4.74 Å². The van der Waals surface area contributed by atoms with Crippen molar-refractivity contribution in [2.45, 2.75) is 12.5 Å². The lowest BCUT2D eigenvalue weighted by Gasteiger charge is -2.34. The van der Waals surface area contributed by atoms with Gasteiger partial charge in [-0.05, 0) is 17.7 Å². The Kier molecular flexibility index (Phi) is 4.49. The molecular weight excluding hydrogens is 238 g/mol. The second-order valence-electron chi connectivity index (χ2n) is 4.34. The average Bonchev–Trinajstić information content (AvgIpc) is 2.40. The second kappa shape index (κ2) is 6.11. The molecule has 0 aliphatic carbocycles. The molecule has 3 nitrogen and oxygen atoms in total. The lowest BCUT2D eigenvalue weighted by atomic mass is 10.0. The highest BCUT2D eigenvalue weighted by molar-refractivity contribution is 5.29. The molecule has 0 spiro atoms. The van der Waals surface area contributed by atoms with E-state index in [0.717, 1.165) is 13.1 Å². The van der Waals surface area contributed by atoms with E-state index >= 15 is 0 Å². The number of nitrogens with one attached hydrogen (secondary N) is 1. The van der Waals surface area contributed by atoms with Crippen molar-refractivity contribution in [2.24, 2.45) is 0 Å². The van der Waals surface area contributed by atoms with Crippen molar-refractivity contribution in [3.63, 3.8) is 0 Å². The van der Waals surface area contributed by atoms with Gasteiger partial charge in [0.25, 0.3) is 6.43 Å². The molecule has 18 heavy (non-hydrogen) atoms. The van der Waals surface area contributed by atoms with Gasteiger partial charge in [-0.25, -0.2) is 8.78 Å². The van der Waals surface area contributed by atoms with Crippen molar-refractivity contribution < 1.29 is 13.5 Å². The largest absolute Gasteiger partial charge is 0.497 e. The van der Waals surface area contributed by atoms with Gasteiger partial charge in [-0.2, -0.15) is 0 Å². The van der Waals surface area contributed by atoms with Crippen molar-refractivity contribution >= 4 is 0 Å². The Morgan fingerprint density at radius 1 is 1.17 bits per heavy atom. The molecule has 0 radical (unpaired) electrons. The fourth-order valence-corrected chi connectivity index (χ4v) is 2.28. The number of benzene rings is 1. The number of hydrogen-bond donors (Lipinski definition) is 1. The summed E-state index contributed by atoms with van der Waals surface area (Å²) < 4.78 is 31.6. The molecule has 1 aliphatic heterocycles. The third-order valence-electron chi connectivity index (χ3n) is 3.24. The van der Waals surface area contributed by atoms with Gasteiger partial charge < -0.3 is 10.1 Å². The predicted molar refractivity (Wildman–Crippen MR) is 66.2 cm³/mol. The van der Waals surface area contributed by atoms with Gasteiger partial charge >= 0.3 is 0 Å². The van der Waals surface area contributed by atoms with Gasteiger partial charge in [0, 0.05) is 26.2 Å². The molecule has 1 heterocycles. The zero-order valence-electron chi connectivity index (χ0n) is 10.4. The highest BCUT2D eigenvalue weighted by Gasteiger charge is 2.29. The summed E-state index contributed by atoms with van der Waals surface area (Å²) in [7, 11) is 1.57. The first-order valence-electron chi connectivity index (χ1n) is 6.09. The molecule has 5 heteroatoms. The maximum Gasteiger partial charge on any atom is 0.258 e. The number of nitrogens with zero attached hydrogens (tertiary/aromatic N) is 1. The molecule has 1 aromatic rings. The quantitative estimate of drug-likeness (QED) is 0.890. The highest BCUT2D eigenvalue weighted by atomic mass is 19.3. The smallest absolute Gasteiger partial charge is 0.258 e. The van der Waals surface area contributed by atoms with E-state index in [0.29, 0.717) is 24.4 Å². The molecular formula is C13H18F2N2O. The molecule has 0 amide bonds. The molecule has 0 aromatic heterocycles. The number of rotatable bonds is 4. The fraction of sp³-hybridized carbons (Fsp3) is 0.538. The second-order valence-corrected chi connectivity index (χ2v) is 4.34. The van der Waals surface area contributed by atoms with Crippen LogP contribution in [0.25, 0.3) is 0 Å². The van der Waals surface area contributed by atoms with Gasteiger partial charge in [0.2, 0.25) is 0 Å². The van der Waals surface area contributed by atoms with Crippen molar-refractivity contribution in [2.75, 3.05) is 33.3 Å². The van der Waals surface area contributed by atoms with Crippen LogP contribution in [0, 0.1) is 0 Å². The summed E-state index contributed by atoms with van der Waals surface area (Å²) in [5.41, 5.74) is 0.646. The Morgan fingerprint density at radius 3 is 2.28 bits per heavy atom. The summed E-state index contributed by atoms with van der Waals surface area (Å²) in [6, 6.07) is 6.08. The van der Waals surface area contributed by atoms with Crippen molar-refractivity contribution in [3.05, 3.63) is 29.8 Å². The Morgan fingerprint density at radius 2 is 1.78 bits per heavy atom. The normalized spacial score (nSPS) is 18.9. The number of ether oxygens (including phenoxy) is 1. The van der Waals surface area contributed by atoms with Crippen LogP contribution in [0.5, 0.6) is 5.75 Å². The Hall–Kier alpha value is -1.20. The zero-order chi connectivity index (χ0) is 13.0. The number of hydrogen-bond acceptors (Lipinski definition) is 3. The predicted octanol–water partition coefficient (Wildman–Crippen LogP) is 1.91. The van der Waals surface area contributed by atoms with E-state index in [-0.39, 0.29) is 0 Å². The summed E-state index contributed by atoms with van der Waals surface area (Å²) in [6.07, 6.45) is -2.38. The van der Waals surface area contributed by atoms with E-state index in [1.165, 1.54) is 0 Å². The van der Waals surface area contributed by atoms with E-state index in [1.54, 1.807) is 31.4 Å². The highest BCUT2D eigenvalue weighted by Crippen LogP contribution is 2.28. The molecule has 0 bridgehead atoms. The van der Waals surface area contributed by atoms with Crippen molar-refractivity contribution in [1.29, 1.82) is 0 Å². The number of alkyl halides is 2. The maximum absolute atomic E-state index is 13.3. The minimum absolute atomic E-state index is 0.646. The monoisotopic (exact) mass is 256 g/mol. The first-order chi connectivity index (χ1) is 8.72. The van der Waals surface area contributed by atoms with Crippen LogP contribution in [-0.4, -0.2) is 44.6 Å². The minimum atomic E-state index is -2.38. The lowest BCUT2D eigenvalue weighted by Crippen LogP contribution is -2.46. The first-order valence-corrected chi connectivity index (χ1v) is 6.09. The number of methoxy groups -OCH3 is 1. The van der Waals surface area contributed by atoms with E-state index < -0.39 is 12.5 Å². The molecule has 0 saturated carbocycles. The van der Waals surface area contributed by atoms with Crippen LogP contribution in [0.3, 0.4) is 0 Å². The van der Waals surface area contributed by atoms with Gasteiger partial charge in [-0.3, -0.25) is 4.90 Å². The van der Waals surface area contributed by atoms with Crippen molar-refractivity contribution in [3.8, 4) is 5.75 Å². The Bertz CT molecular complexity index is 364. The van der Waals surface area contributed by atoms with Crippen LogP contribution in [0.15, 0.2) is 24.3 Å². The molecule has 1 aromatic carbocycles. The number of halogens is 2. The van der Waals surface area contributed by atoms with E-state index in [1.807, 2.05) is 4.90 Å².